The van der Waals surface area contributed by atoms with Gasteiger partial charge >= 0.3 is 6.03 Å². The first-order valence-electron chi connectivity index (χ1n) is 8.88. The molecule has 0 radical (unpaired) electrons. The van der Waals surface area contributed by atoms with Crippen LogP contribution in [0.15, 0.2) is 54.6 Å². The first-order chi connectivity index (χ1) is 12.2. The van der Waals surface area contributed by atoms with Crippen molar-refractivity contribution < 1.29 is 9.53 Å². The lowest BCUT2D eigenvalue weighted by Gasteiger charge is -2.15. The summed E-state index contributed by atoms with van der Waals surface area (Å²) in [7, 11) is 1.66. The van der Waals surface area contributed by atoms with Gasteiger partial charge in [0.2, 0.25) is 0 Å². The zero-order valence-corrected chi connectivity index (χ0v) is 14.9. The van der Waals surface area contributed by atoms with Crippen LogP contribution in [-0.2, 0) is 6.42 Å². The van der Waals surface area contributed by atoms with Crippen LogP contribution in [0.25, 0.3) is 0 Å². The Morgan fingerprint density at radius 2 is 2.00 bits per heavy atom. The minimum Gasteiger partial charge on any atom is -0.497 e. The summed E-state index contributed by atoms with van der Waals surface area (Å²) >= 11 is 0. The molecule has 0 saturated heterocycles. The van der Waals surface area contributed by atoms with Crippen molar-refractivity contribution in [3.8, 4) is 5.75 Å². The molecule has 2 N–H and O–H groups in total. The highest BCUT2D eigenvalue weighted by Crippen LogP contribution is 2.46. The molecular weight excluding hydrogens is 312 g/mol. The van der Waals surface area contributed by atoms with Gasteiger partial charge in [-0.2, -0.15) is 0 Å². The van der Waals surface area contributed by atoms with E-state index in [2.05, 4.69) is 34.9 Å². The normalized spacial score (nSPS) is 19.8. The van der Waals surface area contributed by atoms with E-state index in [-0.39, 0.29) is 12.1 Å². The maximum absolute atomic E-state index is 12.1. The van der Waals surface area contributed by atoms with Gasteiger partial charge in [0, 0.05) is 12.6 Å². The van der Waals surface area contributed by atoms with E-state index in [4.69, 9.17) is 4.74 Å². The smallest absolute Gasteiger partial charge is 0.315 e. The Morgan fingerprint density at radius 3 is 2.76 bits per heavy atom. The number of rotatable bonds is 7. The molecule has 0 aliphatic heterocycles. The lowest BCUT2D eigenvalue weighted by atomic mass is 10.1. The van der Waals surface area contributed by atoms with E-state index in [9.17, 15) is 4.79 Å². The van der Waals surface area contributed by atoms with Gasteiger partial charge in [-0.25, -0.2) is 4.79 Å². The summed E-state index contributed by atoms with van der Waals surface area (Å²) in [5.41, 5.74) is 2.53. The zero-order valence-electron chi connectivity index (χ0n) is 14.9. The van der Waals surface area contributed by atoms with Gasteiger partial charge in [-0.05, 0) is 54.9 Å². The monoisotopic (exact) mass is 338 g/mol. The molecule has 0 heterocycles. The summed E-state index contributed by atoms with van der Waals surface area (Å²) in [6.07, 6.45) is 1.93. The van der Waals surface area contributed by atoms with Crippen molar-refractivity contribution in [3.63, 3.8) is 0 Å². The number of ether oxygens (including phenoxy) is 1. The lowest BCUT2D eigenvalue weighted by molar-refractivity contribution is 0.237. The van der Waals surface area contributed by atoms with Gasteiger partial charge in [0.1, 0.15) is 5.75 Å². The third kappa shape index (κ3) is 4.99. The van der Waals surface area contributed by atoms with Crippen LogP contribution in [0, 0.1) is 5.92 Å². The van der Waals surface area contributed by atoms with Crippen LogP contribution in [0.3, 0.4) is 0 Å². The third-order valence-corrected chi connectivity index (χ3v) is 4.73. The molecule has 2 aromatic rings. The van der Waals surface area contributed by atoms with Gasteiger partial charge in [-0.3, -0.25) is 0 Å². The van der Waals surface area contributed by atoms with E-state index in [1.807, 2.05) is 37.3 Å². The Hall–Kier alpha value is -2.49. The second kappa shape index (κ2) is 8.06. The fourth-order valence-corrected chi connectivity index (χ4v) is 3.28. The highest BCUT2D eigenvalue weighted by molar-refractivity contribution is 5.74. The van der Waals surface area contributed by atoms with Gasteiger partial charge in [0.15, 0.2) is 0 Å². The molecule has 3 rings (SSSR count). The van der Waals surface area contributed by atoms with Crippen LogP contribution >= 0.6 is 0 Å². The molecule has 1 aliphatic rings. The van der Waals surface area contributed by atoms with Crippen LogP contribution < -0.4 is 15.4 Å². The van der Waals surface area contributed by atoms with Crippen molar-refractivity contribution in [2.75, 3.05) is 13.7 Å². The SMILES string of the molecule is COc1cccc(CC(C)NC(=O)NCC2CC2c2ccccc2)c1. The Morgan fingerprint density at radius 1 is 1.20 bits per heavy atom. The van der Waals surface area contributed by atoms with Crippen LogP contribution in [0.2, 0.25) is 0 Å². The largest absolute Gasteiger partial charge is 0.497 e. The van der Waals surface area contributed by atoms with Crippen LogP contribution in [0.1, 0.15) is 30.4 Å². The number of nitrogens with one attached hydrogen (secondary N) is 2. The molecule has 1 saturated carbocycles. The number of hydrogen-bond donors (Lipinski definition) is 2. The zero-order chi connectivity index (χ0) is 17.6. The maximum atomic E-state index is 12.1. The maximum Gasteiger partial charge on any atom is 0.315 e. The molecule has 132 valence electrons. The summed E-state index contributed by atoms with van der Waals surface area (Å²) in [4.78, 5) is 12.1. The van der Waals surface area contributed by atoms with E-state index >= 15 is 0 Å². The Kier molecular flexibility index (Phi) is 5.59. The Labute approximate surface area is 149 Å². The van der Waals surface area contributed by atoms with Crippen molar-refractivity contribution in [2.45, 2.75) is 31.7 Å². The van der Waals surface area contributed by atoms with Gasteiger partial charge in [0.25, 0.3) is 0 Å². The molecule has 4 heteroatoms. The van der Waals surface area contributed by atoms with E-state index in [1.165, 1.54) is 5.56 Å². The highest BCUT2D eigenvalue weighted by atomic mass is 16.5. The van der Waals surface area contributed by atoms with Crippen molar-refractivity contribution in [3.05, 3.63) is 65.7 Å². The minimum atomic E-state index is -0.0888. The van der Waals surface area contributed by atoms with Gasteiger partial charge in [-0.15, -0.1) is 0 Å². The van der Waals surface area contributed by atoms with Crippen LogP contribution in [-0.4, -0.2) is 25.7 Å². The third-order valence-electron chi connectivity index (χ3n) is 4.73. The number of amides is 2. The van der Waals surface area contributed by atoms with E-state index in [1.54, 1.807) is 7.11 Å². The quantitative estimate of drug-likeness (QED) is 0.808. The molecular formula is C21H26N2O2. The van der Waals surface area contributed by atoms with E-state index in [0.717, 1.165) is 30.7 Å². The van der Waals surface area contributed by atoms with Crippen molar-refractivity contribution >= 4 is 6.03 Å². The number of urea groups is 1. The second-order valence-electron chi connectivity index (χ2n) is 6.82. The first-order valence-corrected chi connectivity index (χ1v) is 8.88. The Bertz CT molecular complexity index is 702. The number of methoxy groups -OCH3 is 1. The number of hydrogen-bond acceptors (Lipinski definition) is 2. The molecule has 0 aromatic heterocycles. The topological polar surface area (TPSA) is 50.4 Å². The Balaban J connectivity index is 1.39. The van der Waals surface area contributed by atoms with Crippen molar-refractivity contribution in [1.29, 1.82) is 0 Å². The molecule has 4 nitrogen and oxygen atoms in total. The first kappa shape index (κ1) is 17.3. The number of carbonyl (C=O) groups excluding carboxylic acids is 1. The molecule has 1 fully saturated rings. The summed E-state index contributed by atoms with van der Waals surface area (Å²) in [5.74, 6) is 1.99. The van der Waals surface area contributed by atoms with Crippen molar-refractivity contribution in [2.24, 2.45) is 5.92 Å². The number of carbonyl (C=O) groups is 1. The summed E-state index contributed by atoms with van der Waals surface area (Å²) in [5, 5.41) is 6.02. The average molecular weight is 338 g/mol. The predicted octanol–water partition coefficient (Wildman–Crippen LogP) is 3.73. The highest BCUT2D eigenvalue weighted by Gasteiger charge is 2.38. The van der Waals surface area contributed by atoms with Gasteiger partial charge in [-0.1, -0.05) is 42.5 Å². The molecule has 25 heavy (non-hydrogen) atoms. The molecule has 3 atom stereocenters. The van der Waals surface area contributed by atoms with Crippen molar-refractivity contribution in [1.82, 2.24) is 10.6 Å². The fourth-order valence-electron chi connectivity index (χ4n) is 3.28. The second-order valence-corrected chi connectivity index (χ2v) is 6.82. The molecule has 1 aliphatic carbocycles. The minimum absolute atomic E-state index is 0.0660. The van der Waals surface area contributed by atoms with Crippen LogP contribution in [0.4, 0.5) is 4.79 Å². The van der Waals surface area contributed by atoms with Crippen LogP contribution in [0.5, 0.6) is 5.75 Å². The predicted molar refractivity (Wildman–Crippen MR) is 100.0 cm³/mol. The van der Waals surface area contributed by atoms with Gasteiger partial charge in [0.05, 0.1) is 7.11 Å². The molecule has 3 unspecified atom stereocenters. The standard InChI is InChI=1S/C21H26N2O2/c1-15(11-16-7-6-10-19(12-16)25-2)23-21(24)22-14-18-13-20(18)17-8-4-3-5-9-17/h3-10,12,15,18,20H,11,13-14H2,1-2H3,(H2,22,23,24). The van der Waals surface area contributed by atoms with E-state index in [0.29, 0.717) is 11.8 Å². The molecule has 2 aromatic carbocycles. The fraction of sp³-hybridized carbons (Fsp3) is 0.381. The molecule has 0 spiro atoms. The summed E-state index contributed by atoms with van der Waals surface area (Å²) in [6, 6.07) is 18.4. The molecule has 2 amide bonds. The van der Waals surface area contributed by atoms with Gasteiger partial charge < -0.3 is 15.4 Å². The summed E-state index contributed by atoms with van der Waals surface area (Å²) in [6.45, 7) is 2.75. The van der Waals surface area contributed by atoms with E-state index < -0.39 is 0 Å². The molecule has 0 bridgehead atoms. The lowest BCUT2D eigenvalue weighted by Crippen LogP contribution is -2.42. The summed E-state index contributed by atoms with van der Waals surface area (Å²) < 4.78 is 5.24. The number of benzene rings is 2. The average Bonchev–Trinajstić information content (AvgIpc) is 3.40.